The van der Waals surface area contributed by atoms with E-state index >= 15 is 0 Å². The van der Waals surface area contributed by atoms with E-state index in [1.165, 1.54) is 7.11 Å². The number of rotatable bonds is 11. The van der Waals surface area contributed by atoms with Gasteiger partial charge in [-0.1, -0.05) is 17.9 Å². The van der Waals surface area contributed by atoms with Gasteiger partial charge in [0.15, 0.2) is 11.5 Å². The maximum atomic E-state index is 12.0. The number of benzene rings is 2. The zero-order valence-electron chi connectivity index (χ0n) is 18.5. The molecule has 0 atom stereocenters. The second-order valence-corrected chi connectivity index (χ2v) is 6.85. The fraction of sp³-hybridized carbons (Fsp3) is 0.400. The van der Waals surface area contributed by atoms with Crippen molar-refractivity contribution < 1.29 is 24.1 Å². The molecule has 1 amide bonds. The summed E-state index contributed by atoms with van der Waals surface area (Å²) in [6.07, 6.45) is 2.77. The lowest BCUT2D eigenvalue weighted by molar-refractivity contribution is -0.121. The molecule has 0 aliphatic carbocycles. The van der Waals surface area contributed by atoms with Gasteiger partial charge in [-0.3, -0.25) is 4.79 Å². The number of hydrogen-bond donors (Lipinski definition) is 2. The summed E-state index contributed by atoms with van der Waals surface area (Å²) in [6, 6.07) is 10.7. The Kier molecular flexibility index (Phi) is 10.1. The average molecular weight is 426 g/mol. The number of phenols is 1. The van der Waals surface area contributed by atoms with Crippen molar-refractivity contribution in [3.8, 4) is 34.8 Å². The molecule has 6 heteroatoms. The van der Waals surface area contributed by atoms with Gasteiger partial charge in [0.1, 0.15) is 11.5 Å². The molecular weight excluding hydrogens is 394 g/mol. The van der Waals surface area contributed by atoms with E-state index in [9.17, 15) is 9.90 Å². The van der Waals surface area contributed by atoms with E-state index in [0.717, 1.165) is 35.5 Å². The van der Waals surface area contributed by atoms with Crippen molar-refractivity contribution >= 4 is 5.91 Å². The Bertz CT molecular complexity index is 890. The molecule has 0 aliphatic rings. The molecule has 0 spiro atoms. The first kappa shape index (κ1) is 23.9. The number of hydrogen-bond acceptors (Lipinski definition) is 5. The van der Waals surface area contributed by atoms with E-state index in [4.69, 9.17) is 14.2 Å². The molecule has 166 valence electrons. The highest BCUT2D eigenvalue weighted by Crippen LogP contribution is 2.26. The predicted octanol–water partition coefficient (Wildman–Crippen LogP) is 4.43. The van der Waals surface area contributed by atoms with Crippen LogP contribution in [0.5, 0.6) is 23.0 Å². The molecule has 0 bridgehead atoms. The van der Waals surface area contributed by atoms with E-state index in [1.54, 1.807) is 18.2 Å². The molecule has 0 unspecified atom stereocenters. The number of unbranched alkanes of at least 4 members (excludes halogenated alkanes) is 2. The van der Waals surface area contributed by atoms with Crippen molar-refractivity contribution in [2.45, 2.75) is 46.1 Å². The molecule has 0 saturated carbocycles. The molecular formula is C25H31NO5. The number of carbonyl (C=O) groups is 1. The highest BCUT2D eigenvalue weighted by Gasteiger charge is 2.05. The topological polar surface area (TPSA) is 77.0 Å². The number of methoxy groups -OCH3 is 1. The van der Waals surface area contributed by atoms with Crippen LogP contribution in [0, 0.1) is 11.8 Å². The lowest BCUT2D eigenvalue weighted by Gasteiger charge is -2.08. The van der Waals surface area contributed by atoms with Crippen LogP contribution in [0.3, 0.4) is 0 Å². The zero-order chi connectivity index (χ0) is 22.5. The summed E-state index contributed by atoms with van der Waals surface area (Å²) in [5.74, 6) is 8.28. The molecule has 0 heterocycles. The van der Waals surface area contributed by atoms with E-state index in [0.29, 0.717) is 38.3 Å². The minimum atomic E-state index is -0.00854. The fourth-order valence-corrected chi connectivity index (χ4v) is 2.93. The maximum Gasteiger partial charge on any atom is 0.220 e. The standard InChI is InChI=1S/C25H31NO5/c1-4-30-21-14-19(15-22(17-21)31-5-2)10-8-6-7-9-11-25(28)26-18-20-12-13-23(27)24(16-20)29-3/h12-17,27H,4-7,9,11,18H2,1-3H3,(H,26,28). The lowest BCUT2D eigenvalue weighted by Crippen LogP contribution is -2.22. The van der Waals surface area contributed by atoms with Gasteiger partial charge in [0.05, 0.1) is 20.3 Å². The van der Waals surface area contributed by atoms with Crippen LogP contribution < -0.4 is 19.5 Å². The van der Waals surface area contributed by atoms with Crippen LogP contribution in [0.25, 0.3) is 0 Å². The Labute approximate surface area is 184 Å². The highest BCUT2D eigenvalue weighted by atomic mass is 16.5. The summed E-state index contributed by atoms with van der Waals surface area (Å²) in [5, 5.41) is 12.5. The molecule has 0 fully saturated rings. The van der Waals surface area contributed by atoms with Crippen molar-refractivity contribution in [3.63, 3.8) is 0 Å². The summed E-state index contributed by atoms with van der Waals surface area (Å²) in [5.41, 5.74) is 1.73. The van der Waals surface area contributed by atoms with Crippen molar-refractivity contribution in [3.05, 3.63) is 47.5 Å². The summed E-state index contributed by atoms with van der Waals surface area (Å²) >= 11 is 0. The first-order chi connectivity index (χ1) is 15.0. The SMILES string of the molecule is CCOc1cc(C#CCCCCC(=O)NCc2ccc(O)c(OC)c2)cc(OCC)c1. The first-order valence-corrected chi connectivity index (χ1v) is 10.6. The first-order valence-electron chi connectivity index (χ1n) is 10.6. The number of carbonyl (C=O) groups excluding carboxylic acids is 1. The molecule has 0 aromatic heterocycles. The van der Waals surface area contributed by atoms with Gasteiger partial charge < -0.3 is 24.6 Å². The van der Waals surface area contributed by atoms with Crippen LogP contribution in [-0.2, 0) is 11.3 Å². The summed E-state index contributed by atoms with van der Waals surface area (Å²) in [7, 11) is 1.49. The Morgan fingerprint density at radius 2 is 1.74 bits per heavy atom. The normalized spacial score (nSPS) is 10.0. The van der Waals surface area contributed by atoms with Gasteiger partial charge in [0.2, 0.25) is 5.91 Å². The quantitative estimate of drug-likeness (QED) is 0.411. The molecule has 2 aromatic carbocycles. The summed E-state index contributed by atoms with van der Waals surface area (Å²) in [6.45, 7) is 5.45. The third kappa shape index (κ3) is 8.51. The minimum absolute atomic E-state index is 0.00854. The Morgan fingerprint density at radius 1 is 1.03 bits per heavy atom. The van der Waals surface area contributed by atoms with Crippen LogP contribution in [0.1, 0.15) is 50.7 Å². The van der Waals surface area contributed by atoms with Crippen LogP contribution >= 0.6 is 0 Å². The molecule has 2 N–H and O–H groups in total. The number of amides is 1. The van der Waals surface area contributed by atoms with Crippen molar-refractivity contribution in [1.82, 2.24) is 5.32 Å². The second-order valence-electron chi connectivity index (χ2n) is 6.85. The Morgan fingerprint density at radius 3 is 2.39 bits per heavy atom. The van der Waals surface area contributed by atoms with Gasteiger partial charge in [-0.15, -0.1) is 0 Å². The van der Waals surface area contributed by atoms with Gasteiger partial charge >= 0.3 is 0 Å². The number of phenolic OH excluding ortho intramolecular Hbond substituents is 1. The van der Waals surface area contributed by atoms with E-state index in [2.05, 4.69) is 17.2 Å². The fourth-order valence-electron chi connectivity index (χ4n) is 2.93. The monoisotopic (exact) mass is 425 g/mol. The number of aromatic hydroxyl groups is 1. The summed E-state index contributed by atoms with van der Waals surface area (Å²) < 4.78 is 16.2. The molecule has 2 rings (SSSR count). The van der Waals surface area contributed by atoms with Crippen LogP contribution in [-0.4, -0.2) is 31.3 Å². The minimum Gasteiger partial charge on any atom is -0.504 e. The molecule has 31 heavy (non-hydrogen) atoms. The van der Waals surface area contributed by atoms with Gasteiger partial charge in [-0.2, -0.15) is 0 Å². The van der Waals surface area contributed by atoms with Crippen molar-refractivity contribution in [2.24, 2.45) is 0 Å². The molecule has 2 aromatic rings. The third-order valence-electron chi connectivity index (χ3n) is 4.42. The van der Waals surface area contributed by atoms with Gasteiger partial charge in [-0.25, -0.2) is 0 Å². The molecule has 0 aliphatic heterocycles. The van der Waals surface area contributed by atoms with Gasteiger partial charge in [0, 0.05) is 31.0 Å². The average Bonchev–Trinajstić information content (AvgIpc) is 2.76. The third-order valence-corrected chi connectivity index (χ3v) is 4.42. The highest BCUT2D eigenvalue weighted by molar-refractivity contribution is 5.75. The maximum absolute atomic E-state index is 12.0. The van der Waals surface area contributed by atoms with Gasteiger partial charge in [0.25, 0.3) is 0 Å². The number of ether oxygens (including phenoxy) is 3. The predicted molar refractivity (Wildman–Crippen MR) is 121 cm³/mol. The van der Waals surface area contributed by atoms with E-state index in [-0.39, 0.29) is 11.7 Å². The van der Waals surface area contributed by atoms with Crippen molar-refractivity contribution in [2.75, 3.05) is 20.3 Å². The Hall–Kier alpha value is -3.33. The molecule has 0 saturated heterocycles. The zero-order valence-corrected chi connectivity index (χ0v) is 18.5. The summed E-state index contributed by atoms with van der Waals surface area (Å²) in [4.78, 5) is 12.0. The molecule has 6 nitrogen and oxygen atoms in total. The Balaban J connectivity index is 1.73. The largest absolute Gasteiger partial charge is 0.504 e. The van der Waals surface area contributed by atoms with Crippen LogP contribution in [0.4, 0.5) is 0 Å². The van der Waals surface area contributed by atoms with Crippen LogP contribution in [0.15, 0.2) is 36.4 Å². The van der Waals surface area contributed by atoms with E-state index < -0.39 is 0 Å². The van der Waals surface area contributed by atoms with Gasteiger partial charge in [-0.05, 0) is 56.5 Å². The smallest absolute Gasteiger partial charge is 0.220 e. The second kappa shape index (κ2) is 13.1. The molecule has 0 radical (unpaired) electrons. The lowest BCUT2D eigenvalue weighted by atomic mass is 10.1. The van der Waals surface area contributed by atoms with Crippen molar-refractivity contribution in [1.29, 1.82) is 0 Å². The van der Waals surface area contributed by atoms with Crippen LogP contribution in [0.2, 0.25) is 0 Å². The number of nitrogens with one attached hydrogen (secondary N) is 1. The van der Waals surface area contributed by atoms with E-state index in [1.807, 2.05) is 32.0 Å².